The molecule has 9 heteroatoms. The quantitative estimate of drug-likeness (QED) is 0.175. The number of nitrogens with zero attached hydrogens (tertiary/aromatic N) is 3. The van der Waals surface area contributed by atoms with Crippen LogP contribution in [0.15, 0.2) is 81.5 Å². The van der Waals surface area contributed by atoms with Crippen LogP contribution in [0.25, 0.3) is 11.0 Å². The van der Waals surface area contributed by atoms with Crippen LogP contribution in [0.1, 0.15) is 11.1 Å². The first-order valence-corrected chi connectivity index (χ1v) is 12.2. The van der Waals surface area contributed by atoms with Crippen molar-refractivity contribution in [1.82, 2.24) is 15.0 Å². The first-order chi connectivity index (χ1) is 16.0. The van der Waals surface area contributed by atoms with Crippen molar-refractivity contribution in [1.29, 1.82) is 0 Å². The van der Waals surface area contributed by atoms with Crippen LogP contribution in [0.3, 0.4) is 0 Å². The Labute approximate surface area is 209 Å². The summed E-state index contributed by atoms with van der Waals surface area (Å²) in [6.07, 6.45) is 1.55. The van der Waals surface area contributed by atoms with Crippen molar-refractivity contribution in [2.24, 2.45) is 5.10 Å². The lowest BCUT2D eigenvalue weighted by Gasteiger charge is -2.10. The number of hydrazone groups is 1. The van der Waals surface area contributed by atoms with E-state index in [1.807, 2.05) is 66.7 Å². The number of imidazole rings is 1. The van der Waals surface area contributed by atoms with Crippen LogP contribution in [-0.4, -0.2) is 34.5 Å². The standard InChI is InChI=1S/C24H20BrClN4O2S/c1-32-22-11-10-18(25)12-17(22)13-27-29-23(31)15-33-24-28-20-8-4-5-9-21(20)30(24)14-16-6-2-3-7-19(16)26/h2-13H,14-15H2,1H3,(H,29,31). The Bertz CT molecular complexity index is 1330. The fraction of sp³-hybridized carbons (Fsp3) is 0.125. The fourth-order valence-electron chi connectivity index (χ4n) is 3.26. The van der Waals surface area contributed by atoms with Gasteiger partial charge in [-0.05, 0) is 42.0 Å². The molecule has 6 nitrogen and oxygen atoms in total. The highest BCUT2D eigenvalue weighted by Gasteiger charge is 2.14. The number of methoxy groups -OCH3 is 1. The summed E-state index contributed by atoms with van der Waals surface area (Å²) in [5.41, 5.74) is 6.16. The first kappa shape index (κ1) is 23.4. The van der Waals surface area contributed by atoms with E-state index in [4.69, 9.17) is 21.3 Å². The molecule has 0 fully saturated rings. The number of para-hydroxylation sites is 2. The Morgan fingerprint density at radius 3 is 2.82 bits per heavy atom. The average molecular weight is 544 g/mol. The Morgan fingerprint density at radius 1 is 1.21 bits per heavy atom. The molecule has 0 bridgehead atoms. The van der Waals surface area contributed by atoms with E-state index < -0.39 is 0 Å². The maximum Gasteiger partial charge on any atom is 0.250 e. The lowest BCUT2D eigenvalue weighted by molar-refractivity contribution is -0.118. The molecule has 0 radical (unpaired) electrons. The molecule has 4 rings (SSSR count). The smallest absolute Gasteiger partial charge is 0.250 e. The topological polar surface area (TPSA) is 68.5 Å². The second-order valence-electron chi connectivity index (χ2n) is 7.03. The van der Waals surface area contributed by atoms with E-state index in [2.05, 4.69) is 31.0 Å². The van der Waals surface area contributed by atoms with Crippen LogP contribution in [0.4, 0.5) is 0 Å². The summed E-state index contributed by atoms with van der Waals surface area (Å²) in [5.74, 6) is 0.596. The van der Waals surface area contributed by atoms with Gasteiger partial charge in [0.15, 0.2) is 5.16 Å². The van der Waals surface area contributed by atoms with Crippen LogP contribution in [0, 0.1) is 0 Å². The molecule has 0 aliphatic heterocycles. The number of fused-ring (bicyclic) bond motifs is 1. The maximum atomic E-state index is 12.4. The molecule has 0 saturated heterocycles. The molecule has 1 amide bonds. The van der Waals surface area contributed by atoms with E-state index in [-0.39, 0.29) is 11.7 Å². The van der Waals surface area contributed by atoms with Crippen LogP contribution in [0.2, 0.25) is 5.02 Å². The van der Waals surface area contributed by atoms with E-state index in [0.29, 0.717) is 17.3 Å². The number of aromatic nitrogens is 2. The van der Waals surface area contributed by atoms with Crippen molar-refractivity contribution in [3.63, 3.8) is 0 Å². The van der Waals surface area contributed by atoms with Gasteiger partial charge in [0.1, 0.15) is 5.75 Å². The molecule has 0 saturated carbocycles. The predicted molar refractivity (Wildman–Crippen MR) is 137 cm³/mol. The van der Waals surface area contributed by atoms with Gasteiger partial charge in [-0.15, -0.1) is 0 Å². The van der Waals surface area contributed by atoms with Crippen molar-refractivity contribution in [3.05, 3.63) is 87.4 Å². The first-order valence-electron chi connectivity index (χ1n) is 10.0. The predicted octanol–water partition coefficient (Wildman–Crippen LogP) is 5.75. The van der Waals surface area contributed by atoms with E-state index in [0.717, 1.165) is 31.8 Å². The van der Waals surface area contributed by atoms with Crippen molar-refractivity contribution >= 4 is 62.4 Å². The summed E-state index contributed by atoms with van der Waals surface area (Å²) in [6.45, 7) is 0.560. The van der Waals surface area contributed by atoms with Crippen molar-refractivity contribution < 1.29 is 9.53 Å². The molecule has 0 aliphatic carbocycles. The number of nitrogens with one attached hydrogen (secondary N) is 1. The van der Waals surface area contributed by atoms with Gasteiger partial charge in [0, 0.05) is 15.1 Å². The number of hydrogen-bond donors (Lipinski definition) is 1. The van der Waals surface area contributed by atoms with Crippen LogP contribution in [-0.2, 0) is 11.3 Å². The van der Waals surface area contributed by atoms with Crippen molar-refractivity contribution in [3.8, 4) is 5.75 Å². The van der Waals surface area contributed by atoms with Gasteiger partial charge in [-0.3, -0.25) is 4.79 Å². The van der Waals surface area contributed by atoms with Gasteiger partial charge in [-0.2, -0.15) is 5.10 Å². The third kappa shape index (κ3) is 5.76. The van der Waals surface area contributed by atoms with E-state index in [9.17, 15) is 4.79 Å². The molecule has 33 heavy (non-hydrogen) atoms. The number of halogens is 2. The van der Waals surface area contributed by atoms with Crippen LogP contribution in [0.5, 0.6) is 5.75 Å². The normalized spacial score (nSPS) is 11.2. The molecule has 1 heterocycles. The SMILES string of the molecule is COc1ccc(Br)cc1C=NNC(=O)CSc1nc2ccccc2n1Cc1ccccc1Cl. The number of thioether (sulfide) groups is 1. The monoisotopic (exact) mass is 542 g/mol. The largest absolute Gasteiger partial charge is 0.496 e. The zero-order valence-corrected chi connectivity index (χ0v) is 20.8. The Kier molecular flexibility index (Phi) is 7.69. The minimum Gasteiger partial charge on any atom is -0.496 e. The molecular weight excluding hydrogens is 524 g/mol. The van der Waals surface area contributed by atoms with Gasteiger partial charge < -0.3 is 9.30 Å². The number of ether oxygens (including phenoxy) is 1. The molecule has 4 aromatic rings. The molecule has 1 N–H and O–H groups in total. The summed E-state index contributed by atoms with van der Waals surface area (Å²) < 4.78 is 8.28. The van der Waals surface area contributed by atoms with Crippen LogP contribution >= 0.6 is 39.3 Å². The Balaban J connectivity index is 1.46. The van der Waals surface area contributed by atoms with E-state index in [1.165, 1.54) is 11.8 Å². The van der Waals surface area contributed by atoms with Gasteiger partial charge in [-0.1, -0.05) is 69.6 Å². The molecule has 168 valence electrons. The fourth-order valence-corrected chi connectivity index (χ4v) is 4.64. The summed E-state index contributed by atoms with van der Waals surface area (Å²) >= 11 is 11.2. The maximum absolute atomic E-state index is 12.4. The number of carbonyl (C=O) groups excluding carboxylic acids is 1. The third-order valence-electron chi connectivity index (χ3n) is 4.82. The average Bonchev–Trinajstić information content (AvgIpc) is 3.17. The summed E-state index contributed by atoms with van der Waals surface area (Å²) in [6, 6.07) is 21.2. The lowest BCUT2D eigenvalue weighted by Crippen LogP contribution is -2.20. The lowest BCUT2D eigenvalue weighted by atomic mass is 10.2. The van der Waals surface area contributed by atoms with Crippen LogP contribution < -0.4 is 10.2 Å². The highest BCUT2D eigenvalue weighted by molar-refractivity contribution is 9.10. The van der Waals surface area contributed by atoms with Crippen molar-refractivity contribution in [2.75, 3.05) is 12.9 Å². The molecule has 0 atom stereocenters. The Hall–Kier alpha value is -2.81. The van der Waals surface area contributed by atoms with Crippen molar-refractivity contribution in [2.45, 2.75) is 11.7 Å². The zero-order valence-electron chi connectivity index (χ0n) is 17.7. The second kappa shape index (κ2) is 10.9. The summed E-state index contributed by atoms with van der Waals surface area (Å²) in [4.78, 5) is 17.1. The highest BCUT2D eigenvalue weighted by Crippen LogP contribution is 2.27. The van der Waals surface area contributed by atoms with Gasteiger partial charge in [0.25, 0.3) is 5.91 Å². The highest BCUT2D eigenvalue weighted by atomic mass is 79.9. The minimum atomic E-state index is -0.235. The van der Waals surface area contributed by atoms with E-state index in [1.54, 1.807) is 13.3 Å². The zero-order chi connectivity index (χ0) is 23.2. The molecule has 0 unspecified atom stereocenters. The van der Waals surface area contributed by atoms with Gasteiger partial charge in [-0.25, -0.2) is 10.4 Å². The number of amides is 1. The van der Waals surface area contributed by atoms with Gasteiger partial charge in [0.2, 0.25) is 0 Å². The van der Waals surface area contributed by atoms with Gasteiger partial charge in [0.05, 0.1) is 36.7 Å². The number of hydrogen-bond acceptors (Lipinski definition) is 5. The Morgan fingerprint density at radius 2 is 2.00 bits per heavy atom. The molecule has 0 spiro atoms. The number of rotatable bonds is 8. The summed E-state index contributed by atoms with van der Waals surface area (Å²) in [7, 11) is 1.59. The molecule has 1 aromatic heterocycles. The molecular formula is C24H20BrClN4O2S. The molecule has 3 aromatic carbocycles. The second-order valence-corrected chi connectivity index (χ2v) is 9.29. The summed E-state index contributed by atoms with van der Waals surface area (Å²) in [5, 5.41) is 5.50. The number of carbonyl (C=O) groups is 1. The third-order valence-corrected chi connectivity index (χ3v) is 6.66. The number of benzene rings is 3. The minimum absolute atomic E-state index is 0.165. The van der Waals surface area contributed by atoms with Gasteiger partial charge >= 0.3 is 0 Å². The van der Waals surface area contributed by atoms with E-state index >= 15 is 0 Å². The molecule has 0 aliphatic rings.